The van der Waals surface area contributed by atoms with E-state index in [1.54, 1.807) is 0 Å². The van der Waals surface area contributed by atoms with Crippen molar-refractivity contribution in [2.45, 2.75) is 25.9 Å². The lowest BCUT2D eigenvalue weighted by Crippen LogP contribution is -2.20. The number of nitrogens with zero attached hydrogens (tertiary/aromatic N) is 3. The summed E-state index contributed by atoms with van der Waals surface area (Å²) in [5.74, 6) is 0.938. The van der Waals surface area contributed by atoms with E-state index in [2.05, 4.69) is 15.4 Å². The first-order chi connectivity index (χ1) is 11.7. The molecular formula is C18H19ClN4O. The normalized spacial score (nSPS) is 17.5. The van der Waals surface area contributed by atoms with Gasteiger partial charge in [-0.15, -0.1) is 0 Å². The van der Waals surface area contributed by atoms with Crippen molar-refractivity contribution in [2.24, 2.45) is 0 Å². The molecule has 1 atom stereocenters. The first-order valence-electron chi connectivity index (χ1n) is 8.17. The second-order valence-electron chi connectivity index (χ2n) is 6.10. The molecule has 0 bridgehead atoms. The van der Waals surface area contributed by atoms with Crippen molar-refractivity contribution in [3.8, 4) is 11.1 Å². The van der Waals surface area contributed by atoms with Crippen molar-refractivity contribution in [2.75, 3.05) is 18.5 Å². The zero-order chi connectivity index (χ0) is 16.5. The number of anilines is 1. The van der Waals surface area contributed by atoms with E-state index in [4.69, 9.17) is 16.3 Å². The molecule has 1 aromatic carbocycles. The summed E-state index contributed by atoms with van der Waals surface area (Å²) in [4.78, 5) is 4.67. The van der Waals surface area contributed by atoms with Crippen LogP contribution >= 0.6 is 11.6 Å². The molecule has 1 aliphatic rings. The molecule has 2 aromatic heterocycles. The molecule has 3 heterocycles. The summed E-state index contributed by atoms with van der Waals surface area (Å²) in [6.45, 7) is 3.64. The first-order valence-corrected chi connectivity index (χ1v) is 8.55. The van der Waals surface area contributed by atoms with Crippen molar-refractivity contribution in [1.29, 1.82) is 0 Å². The fraction of sp³-hybridized carbons (Fsp3) is 0.333. The van der Waals surface area contributed by atoms with E-state index in [0.29, 0.717) is 0 Å². The quantitative estimate of drug-likeness (QED) is 0.780. The molecule has 0 radical (unpaired) electrons. The number of ether oxygens (including phenoxy) is 1. The number of nitrogens with one attached hydrogen (secondary N) is 1. The molecule has 3 aromatic rings. The molecular weight excluding hydrogens is 324 g/mol. The fourth-order valence-corrected chi connectivity index (χ4v) is 3.19. The third kappa shape index (κ3) is 2.97. The maximum absolute atomic E-state index is 5.99. The molecule has 24 heavy (non-hydrogen) atoms. The Balaban J connectivity index is 1.69. The van der Waals surface area contributed by atoms with Gasteiger partial charge in [0.05, 0.1) is 12.3 Å². The Bertz CT molecular complexity index is 853. The van der Waals surface area contributed by atoms with Gasteiger partial charge in [-0.2, -0.15) is 9.61 Å². The van der Waals surface area contributed by atoms with Gasteiger partial charge in [0.25, 0.3) is 0 Å². The number of halogens is 1. The minimum Gasteiger partial charge on any atom is -0.376 e. The maximum atomic E-state index is 5.99. The van der Waals surface area contributed by atoms with Crippen LogP contribution in [0.1, 0.15) is 18.5 Å². The highest BCUT2D eigenvalue weighted by Crippen LogP contribution is 2.27. The van der Waals surface area contributed by atoms with Gasteiger partial charge in [-0.25, -0.2) is 4.98 Å². The Morgan fingerprint density at radius 1 is 1.33 bits per heavy atom. The zero-order valence-electron chi connectivity index (χ0n) is 13.5. The van der Waals surface area contributed by atoms with Gasteiger partial charge in [-0.3, -0.25) is 0 Å². The summed E-state index contributed by atoms with van der Waals surface area (Å²) in [6, 6.07) is 9.76. The fourth-order valence-electron chi connectivity index (χ4n) is 3.07. The Morgan fingerprint density at radius 2 is 2.17 bits per heavy atom. The number of hydrogen-bond donors (Lipinski definition) is 1. The van der Waals surface area contributed by atoms with E-state index in [1.165, 1.54) is 0 Å². The van der Waals surface area contributed by atoms with E-state index in [1.807, 2.05) is 48.0 Å². The average Bonchev–Trinajstić information content (AvgIpc) is 3.23. The molecule has 0 aliphatic carbocycles. The largest absolute Gasteiger partial charge is 0.376 e. The monoisotopic (exact) mass is 342 g/mol. The molecule has 124 valence electrons. The molecule has 0 saturated carbocycles. The topological polar surface area (TPSA) is 51.5 Å². The highest BCUT2D eigenvalue weighted by molar-refractivity contribution is 6.30. The Labute approximate surface area is 145 Å². The molecule has 6 heteroatoms. The number of aromatic nitrogens is 3. The minimum absolute atomic E-state index is 0.278. The molecule has 1 saturated heterocycles. The van der Waals surface area contributed by atoms with Crippen LogP contribution in [0, 0.1) is 6.92 Å². The number of aryl methyl sites for hydroxylation is 1. The summed E-state index contributed by atoms with van der Waals surface area (Å²) >= 11 is 5.99. The third-order valence-electron chi connectivity index (χ3n) is 4.29. The van der Waals surface area contributed by atoms with Gasteiger partial charge in [-0.05, 0) is 37.5 Å². The van der Waals surface area contributed by atoms with Gasteiger partial charge < -0.3 is 10.1 Å². The predicted molar refractivity (Wildman–Crippen MR) is 95.6 cm³/mol. The van der Waals surface area contributed by atoms with E-state index in [0.717, 1.165) is 59.3 Å². The van der Waals surface area contributed by atoms with Gasteiger partial charge in [-0.1, -0.05) is 23.7 Å². The van der Waals surface area contributed by atoms with Crippen LogP contribution in [0.15, 0.2) is 36.5 Å². The van der Waals surface area contributed by atoms with Crippen molar-refractivity contribution in [3.63, 3.8) is 0 Å². The van der Waals surface area contributed by atoms with Gasteiger partial charge in [0.1, 0.15) is 5.82 Å². The second-order valence-corrected chi connectivity index (χ2v) is 6.54. The molecule has 0 unspecified atom stereocenters. The molecule has 0 amide bonds. The van der Waals surface area contributed by atoms with E-state index in [-0.39, 0.29) is 6.10 Å². The molecule has 1 fully saturated rings. The van der Waals surface area contributed by atoms with Crippen molar-refractivity contribution in [3.05, 3.63) is 47.2 Å². The lowest BCUT2D eigenvalue weighted by Gasteiger charge is -2.13. The van der Waals surface area contributed by atoms with Crippen molar-refractivity contribution >= 4 is 23.1 Å². The van der Waals surface area contributed by atoms with Crippen LogP contribution in [0.2, 0.25) is 5.02 Å². The third-order valence-corrected chi connectivity index (χ3v) is 4.54. The summed E-state index contributed by atoms with van der Waals surface area (Å²) in [5.41, 5.74) is 3.84. The van der Waals surface area contributed by atoms with Crippen molar-refractivity contribution < 1.29 is 4.74 Å². The SMILES string of the molecule is Cc1cc(NC[C@H]2CCCO2)n2ncc(-c3ccc(Cl)cc3)c2n1. The van der Waals surface area contributed by atoms with Crippen LogP contribution in [-0.4, -0.2) is 33.9 Å². The van der Waals surface area contributed by atoms with Gasteiger partial charge in [0.2, 0.25) is 0 Å². The van der Waals surface area contributed by atoms with Crippen LogP contribution < -0.4 is 5.32 Å². The van der Waals surface area contributed by atoms with Gasteiger partial charge >= 0.3 is 0 Å². The first kappa shape index (κ1) is 15.4. The Morgan fingerprint density at radius 3 is 2.92 bits per heavy atom. The zero-order valence-corrected chi connectivity index (χ0v) is 14.3. The van der Waals surface area contributed by atoms with Gasteiger partial charge in [0, 0.05) is 35.5 Å². The predicted octanol–water partition coefficient (Wildman–Crippen LogP) is 3.95. The molecule has 5 nitrogen and oxygen atoms in total. The molecule has 0 spiro atoms. The molecule has 4 rings (SSSR count). The van der Waals surface area contributed by atoms with Crippen LogP contribution in [-0.2, 0) is 4.74 Å². The second kappa shape index (κ2) is 6.42. The van der Waals surface area contributed by atoms with Gasteiger partial charge in [0.15, 0.2) is 5.65 Å². The highest BCUT2D eigenvalue weighted by atomic mass is 35.5. The highest BCUT2D eigenvalue weighted by Gasteiger charge is 2.17. The van der Waals surface area contributed by atoms with E-state index >= 15 is 0 Å². The summed E-state index contributed by atoms with van der Waals surface area (Å²) < 4.78 is 7.54. The van der Waals surface area contributed by atoms with Crippen LogP contribution in [0.4, 0.5) is 5.82 Å². The summed E-state index contributed by atoms with van der Waals surface area (Å²) in [6.07, 6.45) is 4.37. The number of benzene rings is 1. The molecule has 1 N–H and O–H groups in total. The smallest absolute Gasteiger partial charge is 0.165 e. The van der Waals surface area contributed by atoms with Crippen molar-refractivity contribution in [1.82, 2.24) is 14.6 Å². The Kier molecular flexibility index (Phi) is 4.12. The number of rotatable bonds is 4. The van der Waals surface area contributed by atoms with Crippen LogP contribution in [0.3, 0.4) is 0 Å². The molecule has 1 aliphatic heterocycles. The van der Waals surface area contributed by atoms with E-state index in [9.17, 15) is 0 Å². The minimum atomic E-state index is 0.278. The lowest BCUT2D eigenvalue weighted by molar-refractivity contribution is 0.120. The standard InChI is InChI=1S/C18H19ClN4O/c1-12-9-17(20-10-15-3-2-8-24-15)23-18(22-12)16(11-21-23)13-4-6-14(19)7-5-13/h4-7,9,11,15,20H,2-3,8,10H2,1H3/t15-/m1/s1. The average molecular weight is 343 g/mol. The number of fused-ring (bicyclic) bond motifs is 1. The Hall–Kier alpha value is -2.11. The van der Waals surface area contributed by atoms with E-state index < -0.39 is 0 Å². The van der Waals surface area contributed by atoms with Crippen LogP contribution in [0.25, 0.3) is 16.8 Å². The number of hydrogen-bond acceptors (Lipinski definition) is 4. The van der Waals surface area contributed by atoms with Crippen LogP contribution in [0.5, 0.6) is 0 Å². The summed E-state index contributed by atoms with van der Waals surface area (Å²) in [7, 11) is 0. The summed E-state index contributed by atoms with van der Waals surface area (Å²) in [5, 5.41) is 8.70. The maximum Gasteiger partial charge on any atom is 0.165 e. The lowest BCUT2D eigenvalue weighted by atomic mass is 10.1.